The average Bonchev–Trinajstić information content (AvgIpc) is 2.04. The summed E-state index contributed by atoms with van der Waals surface area (Å²) in [5.41, 5.74) is 4.47. The van der Waals surface area contributed by atoms with Crippen LogP contribution in [-0.2, 0) is 0 Å². The van der Waals surface area contributed by atoms with Gasteiger partial charge in [-0.15, -0.1) is 0 Å². The van der Waals surface area contributed by atoms with Gasteiger partial charge in [0.15, 0.2) is 0 Å². The van der Waals surface area contributed by atoms with Gasteiger partial charge in [0.05, 0.1) is 0 Å². The molecule has 0 saturated carbocycles. The summed E-state index contributed by atoms with van der Waals surface area (Å²) in [6.07, 6.45) is 5.51. The maximum absolute atomic E-state index is 3.76. The van der Waals surface area contributed by atoms with Crippen molar-refractivity contribution < 1.29 is 0 Å². The van der Waals surface area contributed by atoms with Gasteiger partial charge in [-0.2, -0.15) is 0 Å². The Morgan fingerprint density at radius 3 is 2.08 bits per heavy atom. The summed E-state index contributed by atoms with van der Waals surface area (Å²) in [6.45, 7) is 12.5. The summed E-state index contributed by atoms with van der Waals surface area (Å²) in [6, 6.07) is 0. The fraction of sp³-hybridized carbons (Fsp3) is 0.583. The van der Waals surface area contributed by atoms with Crippen molar-refractivity contribution >= 4 is 0 Å². The van der Waals surface area contributed by atoms with Crippen LogP contribution in [0.3, 0.4) is 0 Å². The number of rotatable bonds is 4. The third-order valence-corrected chi connectivity index (χ3v) is 2.30. The van der Waals surface area contributed by atoms with Crippen LogP contribution >= 0.6 is 0 Å². The van der Waals surface area contributed by atoms with Gasteiger partial charge in [-0.1, -0.05) is 29.7 Å². The SMILES string of the molecule is [CH2]/C=C(\C)CCC(CC)=C(C)C. The fourth-order valence-corrected chi connectivity index (χ4v) is 1.23. The molecule has 0 nitrogen and oxygen atoms in total. The maximum atomic E-state index is 3.76. The predicted octanol–water partition coefficient (Wildman–Crippen LogP) is 4.29. The van der Waals surface area contributed by atoms with E-state index in [-0.39, 0.29) is 0 Å². The Hall–Kier alpha value is -0.520. The molecule has 0 fully saturated rings. The van der Waals surface area contributed by atoms with Crippen LogP contribution in [0.25, 0.3) is 0 Å². The molecule has 0 aromatic rings. The van der Waals surface area contributed by atoms with E-state index < -0.39 is 0 Å². The molecular formula is C12H21. The second-order valence-electron chi connectivity index (χ2n) is 3.51. The predicted molar refractivity (Wildman–Crippen MR) is 57.0 cm³/mol. The van der Waals surface area contributed by atoms with E-state index >= 15 is 0 Å². The number of hydrogen-bond acceptors (Lipinski definition) is 0. The lowest BCUT2D eigenvalue weighted by molar-refractivity contribution is 0.856. The average molecular weight is 165 g/mol. The van der Waals surface area contributed by atoms with Crippen LogP contribution in [0.4, 0.5) is 0 Å². The van der Waals surface area contributed by atoms with Crippen molar-refractivity contribution in [2.24, 2.45) is 0 Å². The molecule has 0 bridgehead atoms. The first-order valence-electron chi connectivity index (χ1n) is 4.71. The maximum Gasteiger partial charge on any atom is -0.0281 e. The molecule has 0 heteroatoms. The van der Waals surface area contributed by atoms with Crippen molar-refractivity contribution in [3.8, 4) is 0 Å². The summed E-state index contributed by atoms with van der Waals surface area (Å²) >= 11 is 0. The Morgan fingerprint density at radius 2 is 1.75 bits per heavy atom. The molecular weight excluding hydrogens is 144 g/mol. The van der Waals surface area contributed by atoms with Crippen LogP contribution in [0.5, 0.6) is 0 Å². The van der Waals surface area contributed by atoms with Crippen LogP contribution in [0.1, 0.15) is 47.0 Å². The highest BCUT2D eigenvalue weighted by molar-refractivity contribution is 5.12. The minimum absolute atomic E-state index is 1.16. The van der Waals surface area contributed by atoms with E-state index in [0.717, 1.165) is 6.42 Å². The topological polar surface area (TPSA) is 0 Å². The van der Waals surface area contributed by atoms with Crippen molar-refractivity contribution in [2.45, 2.75) is 47.0 Å². The molecule has 0 aliphatic rings. The molecule has 0 heterocycles. The van der Waals surface area contributed by atoms with Crippen molar-refractivity contribution in [3.63, 3.8) is 0 Å². The van der Waals surface area contributed by atoms with E-state index in [1.54, 1.807) is 5.57 Å². The van der Waals surface area contributed by atoms with Crippen molar-refractivity contribution in [1.82, 2.24) is 0 Å². The molecule has 0 amide bonds. The Morgan fingerprint density at radius 1 is 1.17 bits per heavy atom. The first-order chi connectivity index (χ1) is 5.61. The van der Waals surface area contributed by atoms with Crippen LogP contribution in [0.15, 0.2) is 22.8 Å². The molecule has 0 aromatic carbocycles. The molecule has 12 heavy (non-hydrogen) atoms. The minimum Gasteiger partial charge on any atom is -0.0853 e. The van der Waals surface area contributed by atoms with Gasteiger partial charge in [0.1, 0.15) is 0 Å². The molecule has 0 N–H and O–H groups in total. The highest BCUT2D eigenvalue weighted by atomic mass is 14.0. The van der Waals surface area contributed by atoms with E-state index in [1.807, 2.05) is 6.08 Å². The van der Waals surface area contributed by atoms with Gasteiger partial charge >= 0.3 is 0 Å². The van der Waals surface area contributed by atoms with Crippen LogP contribution in [0, 0.1) is 6.92 Å². The highest BCUT2D eigenvalue weighted by Crippen LogP contribution is 2.17. The van der Waals surface area contributed by atoms with Gasteiger partial charge < -0.3 is 0 Å². The third kappa shape index (κ3) is 4.38. The summed E-state index contributed by atoms with van der Waals surface area (Å²) < 4.78 is 0. The molecule has 0 aliphatic carbocycles. The first-order valence-corrected chi connectivity index (χ1v) is 4.71. The smallest absolute Gasteiger partial charge is 0.0281 e. The van der Waals surface area contributed by atoms with Crippen LogP contribution in [-0.4, -0.2) is 0 Å². The molecule has 0 unspecified atom stereocenters. The van der Waals surface area contributed by atoms with Crippen LogP contribution < -0.4 is 0 Å². The Bertz CT molecular complexity index is 178. The van der Waals surface area contributed by atoms with E-state index in [4.69, 9.17) is 0 Å². The fourth-order valence-electron chi connectivity index (χ4n) is 1.23. The van der Waals surface area contributed by atoms with Crippen molar-refractivity contribution in [3.05, 3.63) is 29.7 Å². The lowest BCUT2D eigenvalue weighted by Gasteiger charge is -2.07. The van der Waals surface area contributed by atoms with Gasteiger partial charge in [0.2, 0.25) is 0 Å². The summed E-state index contributed by atoms with van der Waals surface area (Å²) in [5, 5.41) is 0. The number of hydrogen-bond donors (Lipinski definition) is 0. The van der Waals surface area contributed by atoms with Crippen LogP contribution in [0.2, 0.25) is 0 Å². The Balaban J connectivity index is 4.00. The van der Waals surface area contributed by atoms with Gasteiger partial charge in [-0.05, 0) is 47.0 Å². The lowest BCUT2D eigenvalue weighted by Crippen LogP contribution is -1.86. The Labute approximate surface area is 77.4 Å². The normalized spacial score (nSPS) is 11.6. The second kappa shape index (κ2) is 6.05. The highest BCUT2D eigenvalue weighted by Gasteiger charge is 1.97. The third-order valence-electron chi connectivity index (χ3n) is 2.30. The van der Waals surface area contributed by atoms with Crippen molar-refractivity contribution in [1.29, 1.82) is 0 Å². The molecule has 0 rings (SSSR count). The largest absolute Gasteiger partial charge is 0.0853 e. The quantitative estimate of drug-likeness (QED) is 0.545. The van der Waals surface area contributed by atoms with Gasteiger partial charge in [-0.3, -0.25) is 0 Å². The van der Waals surface area contributed by atoms with Crippen molar-refractivity contribution in [2.75, 3.05) is 0 Å². The van der Waals surface area contributed by atoms with E-state index in [0.29, 0.717) is 0 Å². The first kappa shape index (κ1) is 11.5. The second-order valence-corrected chi connectivity index (χ2v) is 3.51. The zero-order chi connectivity index (χ0) is 9.56. The zero-order valence-electron chi connectivity index (χ0n) is 8.91. The summed E-state index contributed by atoms with van der Waals surface area (Å²) in [5.74, 6) is 0. The summed E-state index contributed by atoms with van der Waals surface area (Å²) in [4.78, 5) is 0. The zero-order valence-corrected chi connectivity index (χ0v) is 8.91. The lowest BCUT2D eigenvalue weighted by atomic mass is 10.00. The summed E-state index contributed by atoms with van der Waals surface area (Å²) in [7, 11) is 0. The van der Waals surface area contributed by atoms with E-state index in [2.05, 4.69) is 34.6 Å². The monoisotopic (exact) mass is 165 g/mol. The molecule has 0 aliphatic heterocycles. The molecule has 1 radical (unpaired) electrons. The molecule has 0 saturated heterocycles. The van der Waals surface area contributed by atoms with E-state index in [1.165, 1.54) is 24.0 Å². The molecule has 0 atom stereocenters. The molecule has 69 valence electrons. The van der Waals surface area contributed by atoms with Gasteiger partial charge in [0.25, 0.3) is 0 Å². The van der Waals surface area contributed by atoms with Gasteiger partial charge in [0, 0.05) is 0 Å². The molecule has 0 aromatic heterocycles. The molecule has 0 spiro atoms. The van der Waals surface area contributed by atoms with Gasteiger partial charge in [-0.25, -0.2) is 0 Å². The Kier molecular flexibility index (Phi) is 5.79. The minimum atomic E-state index is 1.16. The standard InChI is InChI=1S/C12H21/c1-6-11(5)8-9-12(7-2)10(3)4/h6H,1,7-9H2,2-5H3/b11-6+. The van der Waals surface area contributed by atoms with E-state index in [9.17, 15) is 0 Å². The number of allylic oxidation sites excluding steroid dienone is 4.